The Balaban J connectivity index is 1.72. The Morgan fingerprint density at radius 2 is 1.91 bits per heavy atom. The van der Waals surface area contributed by atoms with Crippen LogP contribution in [0.2, 0.25) is 0 Å². The maximum atomic E-state index is 13.5. The molecule has 0 saturated heterocycles. The molecule has 7 nitrogen and oxygen atoms in total. The molecule has 0 atom stereocenters. The molecule has 0 radical (unpaired) electrons. The summed E-state index contributed by atoms with van der Waals surface area (Å²) in [5, 5.41) is 17.8. The third-order valence-corrected chi connectivity index (χ3v) is 6.41. The van der Waals surface area contributed by atoms with E-state index in [-0.39, 0.29) is 17.7 Å². The van der Waals surface area contributed by atoms with Gasteiger partial charge in [0.1, 0.15) is 0 Å². The van der Waals surface area contributed by atoms with Gasteiger partial charge in [-0.05, 0) is 60.9 Å². The molecule has 0 fully saturated rings. The van der Waals surface area contributed by atoms with Crippen molar-refractivity contribution in [1.29, 1.82) is 10.8 Å². The summed E-state index contributed by atoms with van der Waals surface area (Å²) >= 11 is 1.43. The lowest BCUT2D eigenvalue weighted by Crippen LogP contribution is -2.32. The van der Waals surface area contributed by atoms with Crippen LogP contribution < -0.4 is 10.2 Å². The van der Waals surface area contributed by atoms with Crippen molar-refractivity contribution >= 4 is 46.8 Å². The van der Waals surface area contributed by atoms with Crippen LogP contribution in [0.1, 0.15) is 33.3 Å². The molecular weight excluding hydrogens is 424 g/mol. The molecule has 4 rings (SSSR count). The molecule has 0 aliphatic carbocycles. The molecule has 0 spiro atoms. The van der Waals surface area contributed by atoms with Gasteiger partial charge in [0.2, 0.25) is 11.8 Å². The maximum Gasteiger partial charge on any atom is 0.258 e. The van der Waals surface area contributed by atoms with Crippen LogP contribution in [0.5, 0.6) is 0 Å². The normalized spacial score (nSPS) is 12.2. The number of hydrogen-bond donors (Lipinski definition) is 3. The number of carbonyl (C=O) groups excluding carboxylic acids is 2. The minimum atomic E-state index is -0.161. The summed E-state index contributed by atoms with van der Waals surface area (Å²) in [7, 11) is 0. The van der Waals surface area contributed by atoms with Crippen molar-refractivity contribution in [2.24, 2.45) is 0 Å². The van der Waals surface area contributed by atoms with Crippen LogP contribution in [-0.4, -0.2) is 30.7 Å². The average molecular weight is 447 g/mol. The molecule has 0 unspecified atom stereocenters. The van der Waals surface area contributed by atoms with Crippen molar-refractivity contribution in [2.75, 3.05) is 16.8 Å². The van der Waals surface area contributed by atoms with Gasteiger partial charge in [-0.3, -0.25) is 20.4 Å². The number of hydrogen-bond acceptors (Lipinski definition) is 6. The van der Waals surface area contributed by atoms with Crippen molar-refractivity contribution in [1.82, 2.24) is 0 Å². The third-order valence-electron chi connectivity index (χ3n) is 5.20. The second kappa shape index (κ2) is 8.76. The van der Waals surface area contributed by atoms with Gasteiger partial charge in [-0.15, -0.1) is 11.3 Å². The zero-order chi connectivity index (χ0) is 22.8. The van der Waals surface area contributed by atoms with Crippen molar-refractivity contribution in [3.63, 3.8) is 0 Å². The number of benzene rings is 2. The molecule has 3 aromatic rings. The SMILES string of the molecule is CC(=O)Nc1ccc(C(=O)N2CCc3cc(C(=N)OC=N)sc3-c3ccc(C)cc32)cc1. The van der Waals surface area contributed by atoms with Crippen molar-refractivity contribution in [2.45, 2.75) is 20.3 Å². The Hall–Kier alpha value is -3.78. The molecule has 2 aromatic carbocycles. The highest BCUT2D eigenvalue weighted by Gasteiger charge is 2.27. The molecule has 162 valence electrons. The van der Waals surface area contributed by atoms with Gasteiger partial charge in [-0.25, -0.2) is 0 Å². The van der Waals surface area contributed by atoms with Crippen LogP contribution in [0.15, 0.2) is 48.5 Å². The second-order valence-electron chi connectivity index (χ2n) is 7.52. The molecule has 0 saturated carbocycles. The summed E-state index contributed by atoms with van der Waals surface area (Å²) < 4.78 is 4.94. The van der Waals surface area contributed by atoms with Crippen LogP contribution in [0.4, 0.5) is 11.4 Å². The highest BCUT2D eigenvalue weighted by molar-refractivity contribution is 7.17. The van der Waals surface area contributed by atoms with Crippen LogP contribution in [0, 0.1) is 17.7 Å². The number of aryl methyl sites for hydroxylation is 1. The molecule has 2 amide bonds. The zero-order valence-electron chi connectivity index (χ0n) is 17.7. The van der Waals surface area contributed by atoms with Crippen LogP contribution in [0.3, 0.4) is 0 Å². The van der Waals surface area contributed by atoms with Gasteiger partial charge in [0.15, 0.2) is 6.40 Å². The molecule has 2 heterocycles. The molecule has 1 aliphatic heterocycles. The number of fused-ring (bicyclic) bond motifs is 3. The average Bonchev–Trinajstić information content (AvgIpc) is 3.12. The minimum Gasteiger partial charge on any atom is -0.427 e. The van der Waals surface area contributed by atoms with Crippen LogP contribution in [0.25, 0.3) is 10.4 Å². The fraction of sp³-hybridized carbons (Fsp3) is 0.167. The van der Waals surface area contributed by atoms with E-state index in [1.807, 2.05) is 31.2 Å². The van der Waals surface area contributed by atoms with Crippen molar-refractivity contribution in [3.05, 3.63) is 70.1 Å². The first-order chi connectivity index (χ1) is 15.4. The van der Waals surface area contributed by atoms with Gasteiger partial charge in [0.25, 0.3) is 5.91 Å². The monoisotopic (exact) mass is 446 g/mol. The predicted octanol–water partition coefficient (Wildman–Crippen LogP) is 4.83. The number of ether oxygens (including phenoxy) is 1. The lowest BCUT2D eigenvalue weighted by molar-refractivity contribution is -0.114. The summed E-state index contributed by atoms with van der Waals surface area (Å²) in [6.07, 6.45) is 1.38. The Kier molecular flexibility index (Phi) is 5.87. The highest BCUT2D eigenvalue weighted by atomic mass is 32.1. The van der Waals surface area contributed by atoms with Crippen LogP contribution >= 0.6 is 11.3 Å². The largest absolute Gasteiger partial charge is 0.427 e. The summed E-state index contributed by atoms with van der Waals surface area (Å²) in [5.74, 6) is -0.328. The number of anilines is 2. The second-order valence-corrected chi connectivity index (χ2v) is 8.57. The van der Waals surface area contributed by atoms with E-state index in [1.54, 1.807) is 29.2 Å². The van der Waals surface area contributed by atoms with Gasteiger partial charge >= 0.3 is 0 Å². The van der Waals surface area contributed by atoms with Crippen LogP contribution in [-0.2, 0) is 16.0 Å². The topological polar surface area (TPSA) is 106 Å². The van der Waals surface area contributed by atoms with Crippen molar-refractivity contribution < 1.29 is 14.3 Å². The van der Waals surface area contributed by atoms with E-state index in [0.717, 1.165) is 33.7 Å². The Morgan fingerprint density at radius 3 is 2.59 bits per heavy atom. The fourth-order valence-electron chi connectivity index (χ4n) is 3.75. The first kappa shape index (κ1) is 21.5. The minimum absolute atomic E-state index is 0.0565. The molecule has 0 bridgehead atoms. The van der Waals surface area contributed by atoms with Gasteiger partial charge in [-0.1, -0.05) is 12.1 Å². The first-order valence-electron chi connectivity index (χ1n) is 10.0. The van der Waals surface area contributed by atoms with Crippen molar-refractivity contribution in [3.8, 4) is 10.4 Å². The first-order valence-corrected chi connectivity index (χ1v) is 10.9. The Morgan fingerprint density at radius 1 is 1.16 bits per heavy atom. The van der Waals surface area contributed by atoms with E-state index in [0.29, 0.717) is 29.1 Å². The number of amides is 2. The molecule has 3 N–H and O–H groups in total. The van der Waals surface area contributed by atoms with E-state index < -0.39 is 0 Å². The molecule has 1 aromatic heterocycles. The predicted molar refractivity (Wildman–Crippen MR) is 127 cm³/mol. The highest BCUT2D eigenvalue weighted by Crippen LogP contribution is 2.42. The molecule has 1 aliphatic rings. The van der Waals surface area contributed by atoms with Gasteiger partial charge in [0.05, 0.1) is 10.6 Å². The molecule has 8 heteroatoms. The number of nitrogens with one attached hydrogen (secondary N) is 3. The third kappa shape index (κ3) is 4.17. The maximum absolute atomic E-state index is 13.5. The lowest BCUT2D eigenvalue weighted by Gasteiger charge is -2.24. The fourth-order valence-corrected chi connectivity index (χ4v) is 4.88. The quantitative estimate of drug-likeness (QED) is 0.394. The number of nitrogens with zero attached hydrogens (tertiary/aromatic N) is 1. The van der Waals surface area contributed by atoms with Gasteiger partial charge < -0.3 is 15.0 Å². The summed E-state index contributed by atoms with van der Waals surface area (Å²) in [4.78, 5) is 28.2. The van der Waals surface area contributed by atoms with E-state index in [2.05, 4.69) is 5.32 Å². The van der Waals surface area contributed by atoms with E-state index >= 15 is 0 Å². The number of rotatable bonds is 4. The van der Waals surface area contributed by atoms with Gasteiger partial charge in [-0.2, -0.15) is 0 Å². The Bertz CT molecular complexity index is 1230. The number of thiophene rings is 1. The summed E-state index contributed by atoms with van der Waals surface area (Å²) in [6.45, 7) is 3.92. The van der Waals surface area contributed by atoms with E-state index in [1.165, 1.54) is 18.3 Å². The lowest BCUT2D eigenvalue weighted by atomic mass is 10.0. The standard InChI is InChI=1S/C24H22N4O3S/c1-14-3-8-19-20(11-14)28(24(30)16-4-6-18(7-5-16)27-15(2)29)10-9-17-12-21(32-22(17)19)23(26)31-13-25/h3-8,11-13,25-26H,9-10H2,1-2H3,(H,27,29). The summed E-state index contributed by atoms with van der Waals surface area (Å²) in [6, 6.07) is 14.8. The number of carbonyl (C=O) groups is 2. The Labute approximate surface area is 189 Å². The van der Waals surface area contributed by atoms with E-state index in [4.69, 9.17) is 15.6 Å². The van der Waals surface area contributed by atoms with E-state index in [9.17, 15) is 9.59 Å². The van der Waals surface area contributed by atoms with Gasteiger partial charge in [0, 0.05) is 35.2 Å². The summed E-state index contributed by atoms with van der Waals surface area (Å²) in [5.41, 5.74) is 5.04. The smallest absolute Gasteiger partial charge is 0.258 e. The molecular formula is C24H22N4O3S. The molecule has 32 heavy (non-hydrogen) atoms. The zero-order valence-corrected chi connectivity index (χ0v) is 18.5.